The average Bonchev–Trinajstić information content (AvgIpc) is 3.07. The molecule has 0 aliphatic heterocycles. The summed E-state index contributed by atoms with van der Waals surface area (Å²) in [6, 6.07) is 8.24. The number of hydrogen-bond donors (Lipinski definition) is 1. The first-order chi connectivity index (χ1) is 9.20. The van der Waals surface area contributed by atoms with Crippen LogP contribution >= 0.6 is 0 Å². The quantitative estimate of drug-likeness (QED) is 0.884. The van der Waals surface area contributed by atoms with E-state index >= 15 is 0 Å². The van der Waals surface area contributed by atoms with Crippen LogP contribution in [-0.4, -0.2) is 32.2 Å². The molecular formula is C13H15N5O. The molecule has 0 atom stereocenters. The van der Waals surface area contributed by atoms with Crippen molar-refractivity contribution in [3.63, 3.8) is 0 Å². The first-order valence-electron chi connectivity index (χ1n) is 6.35. The van der Waals surface area contributed by atoms with Gasteiger partial charge in [-0.2, -0.15) is 4.80 Å². The minimum Gasteiger partial charge on any atom is -0.352 e. The van der Waals surface area contributed by atoms with Gasteiger partial charge in [0, 0.05) is 11.6 Å². The van der Waals surface area contributed by atoms with Gasteiger partial charge in [0.25, 0.3) is 0 Å². The highest BCUT2D eigenvalue weighted by Crippen LogP contribution is 2.18. The van der Waals surface area contributed by atoms with Crippen LogP contribution < -0.4 is 5.32 Å². The lowest BCUT2D eigenvalue weighted by molar-refractivity contribution is -0.122. The Bertz CT molecular complexity index is 585. The molecule has 19 heavy (non-hydrogen) atoms. The molecule has 2 aromatic rings. The molecule has 0 saturated heterocycles. The monoisotopic (exact) mass is 257 g/mol. The van der Waals surface area contributed by atoms with E-state index in [0.717, 1.165) is 18.4 Å². The number of hydrogen-bond acceptors (Lipinski definition) is 4. The molecule has 3 rings (SSSR count). The molecule has 0 radical (unpaired) electrons. The van der Waals surface area contributed by atoms with Gasteiger partial charge in [0.1, 0.15) is 6.54 Å². The van der Waals surface area contributed by atoms with Crippen molar-refractivity contribution >= 4 is 5.91 Å². The van der Waals surface area contributed by atoms with Crippen LogP contribution in [0.25, 0.3) is 11.4 Å². The zero-order valence-electron chi connectivity index (χ0n) is 10.7. The Labute approximate surface area is 110 Å². The molecule has 1 saturated carbocycles. The van der Waals surface area contributed by atoms with Crippen molar-refractivity contribution in [2.45, 2.75) is 32.4 Å². The largest absolute Gasteiger partial charge is 0.352 e. The lowest BCUT2D eigenvalue weighted by atomic mass is 10.1. The van der Waals surface area contributed by atoms with Gasteiger partial charge in [-0.1, -0.05) is 29.8 Å². The SMILES string of the molecule is Cc1ccc(-c2nnn(CC(=O)NC3CC3)n2)cc1. The fraction of sp³-hybridized carbons (Fsp3) is 0.385. The van der Waals surface area contributed by atoms with E-state index in [9.17, 15) is 4.79 Å². The van der Waals surface area contributed by atoms with Crippen LogP contribution in [0.3, 0.4) is 0 Å². The van der Waals surface area contributed by atoms with E-state index in [4.69, 9.17) is 0 Å². The topological polar surface area (TPSA) is 72.7 Å². The molecule has 1 aromatic heterocycles. The average molecular weight is 257 g/mol. The number of rotatable bonds is 4. The number of carbonyl (C=O) groups excluding carboxylic acids is 1. The summed E-state index contributed by atoms with van der Waals surface area (Å²) in [7, 11) is 0. The maximum absolute atomic E-state index is 11.6. The van der Waals surface area contributed by atoms with Crippen LogP contribution in [-0.2, 0) is 11.3 Å². The third-order valence-corrected chi connectivity index (χ3v) is 2.99. The van der Waals surface area contributed by atoms with Crippen molar-refractivity contribution < 1.29 is 4.79 Å². The van der Waals surface area contributed by atoms with Crippen LogP contribution in [0.15, 0.2) is 24.3 Å². The molecular weight excluding hydrogens is 242 g/mol. The number of aromatic nitrogens is 4. The van der Waals surface area contributed by atoms with Crippen molar-refractivity contribution in [3.8, 4) is 11.4 Å². The Balaban J connectivity index is 1.68. The Morgan fingerprint density at radius 3 is 2.79 bits per heavy atom. The molecule has 1 amide bonds. The summed E-state index contributed by atoms with van der Waals surface area (Å²) in [5.74, 6) is 0.481. The Morgan fingerprint density at radius 1 is 1.37 bits per heavy atom. The number of tetrazole rings is 1. The predicted molar refractivity (Wildman–Crippen MR) is 69.2 cm³/mol. The lowest BCUT2D eigenvalue weighted by Crippen LogP contribution is -2.30. The van der Waals surface area contributed by atoms with Crippen molar-refractivity contribution in [1.29, 1.82) is 0 Å². The van der Waals surface area contributed by atoms with E-state index in [1.54, 1.807) is 0 Å². The molecule has 0 spiro atoms. The highest BCUT2D eigenvalue weighted by Gasteiger charge is 2.23. The van der Waals surface area contributed by atoms with Gasteiger partial charge in [0.15, 0.2) is 0 Å². The molecule has 0 bridgehead atoms. The molecule has 1 aliphatic rings. The number of amides is 1. The molecule has 0 unspecified atom stereocenters. The van der Waals surface area contributed by atoms with Crippen LogP contribution in [0.1, 0.15) is 18.4 Å². The van der Waals surface area contributed by atoms with E-state index in [1.807, 2.05) is 31.2 Å². The van der Waals surface area contributed by atoms with Gasteiger partial charge in [0.2, 0.25) is 11.7 Å². The number of nitrogens with zero attached hydrogens (tertiary/aromatic N) is 4. The zero-order valence-corrected chi connectivity index (χ0v) is 10.7. The third-order valence-electron chi connectivity index (χ3n) is 2.99. The lowest BCUT2D eigenvalue weighted by Gasteiger charge is -2.00. The van der Waals surface area contributed by atoms with E-state index in [1.165, 1.54) is 10.4 Å². The van der Waals surface area contributed by atoms with Gasteiger partial charge in [-0.05, 0) is 25.0 Å². The summed E-state index contributed by atoms with van der Waals surface area (Å²) in [4.78, 5) is 12.9. The smallest absolute Gasteiger partial charge is 0.243 e. The van der Waals surface area contributed by atoms with Crippen molar-refractivity contribution in [2.24, 2.45) is 0 Å². The summed E-state index contributed by atoms with van der Waals surface area (Å²) < 4.78 is 0. The van der Waals surface area contributed by atoms with Crippen LogP contribution in [0.5, 0.6) is 0 Å². The highest BCUT2D eigenvalue weighted by atomic mass is 16.2. The molecule has 1 aliphatic carbocycles. The summed E-state index contributed by atoms with van der Waals surface area (Å²) in [5, 5.41) is 15.0. The van der Waals surface area contributed by atoms with E-state index < -0.39 is 0 Å². The van der Waals surface area contributed by atoms with Gasteiger partial charge in [0.05, 0.1) is 0 Å². The second-order valence-corrected chi connectivity index (χ2v) is 4.85. The Kier molecular flexibility index (Phi) is 2.98. The van der Waals surface area contributed by atoms with E-state index in [-0.39, 0.29) is 12.5 Å². The van der Waals surface area contributed by atoms with E-state index in [2.05, 4.69) is 20.7 Å². The fourth-order valence-electron chi connectivity index (χ4n) is 1.76. The maximum atomic E-state index is 11.6. The van der Waals surface area contributed by atoms with Gasteiger partial charge < -0.3 is 5.32 Å². The van der Waals surface area contributed by atoms with Gasteiger partial charge in [-0.15, -0.1) is 10.2 Å². The minimum absolute atomic E-state index is 0.0599. The van der Waals surface area contributed by atoms with Gasteiger partial charge in [-0.25, -0.2) is 0 Å². The first-order valence-corrected chi connectivity index (χ1v) is 6.35. The maximum Gasteiger partial charge on any atom is 0.243 e. The standard InChI is InChI=1S/C13H15N5O/c1-9-2-4-10(5-3-9)13-15-17-18(16-13)8-12(19)14-11-6-7-11/h2-5,11H,6-8H2,1H3,(H,14,19). The number of nitrogens with one attached hydrogen (secondary N) is 1. The van der Waals surface area contributed by atoms with Crippen LogP contribution in [0, 0.1) is 6.92 Å². The van der Waals surface area contributed by atoms with Gasteiger partial charge in [-0.3, -0.25) is 4.79 Å². The van der Waals surface area contributed by atoms with Crippen molar-refractivity contribution in [2.75, 3.05) is 0 Å². The predicted octanol–water partition coefficient (Wildman–Crippen LogP) is 0.927. The summed E-state index contributed by atoms with van der Waals surface area (Å²) in [6.45, 7) is 2.14. The minimum atomic E-state index is -0.0599. The second kappa shape index (κ2) is 4.79. The van der Waals surface area contributed by atoms with Crippen LogP contribution in [0.2, 0.25) is 0 Å². The first kappa shape index (κ1) is 11.8. The summed E-state index contributed by atoms with van der Waals surface area (Å²) in [6.07, 6.45) is 2.15. The molecule has 98 valence electrons. The number of aryl methyl sites for hydroxylation is 1. The number of carbonyl (C=O) groups is 1. The number of benzene rings is 1. The fourth-order valence-corrected chi connectivity index (χ4v) is 1.76. The van der Waals surface area contributed by atoms with Gasteiger partial charge >= 0.3 is 0 Å². The van der Waals surface area contributed by atoms with Crippen molar-refractivity contribution in [1.82, 2.24) is 25.5 Å². The molecule has 1 N–H and O–H groups in total. The highest BCUT2D eigenvalue weighted by molar-refractivity contribution is 5.76. The molecule has 6 heteroatoms. The van der Waals surface area contributed by atoms with E-state index in [0.29, 0.717) is 11.9 Å². The van der Waals surface area contributed by atoms with Crippen LogP contribution in [0.4, 0.5) is 0 Å². The molecule has 1 fully saturated rings. The summed E-state index contributed by atoms with van der Waals surface area (Å²) in [5.41, 5.74) is 2.08. The third kappa shape index (κ3) is 2.96. The molecule has 1 heterocycles. The Hall–Kier alpha value is -2.24. The molecule has 6 nitrogen and oxygen atoms in total. The Morgan fingerprint density at radius 2 is 2.11 bits per heavy atom. The normalized spacial score (nSPS) is 14.4. The summed E-state index contributed by atoms with van der Waals surface area (Å²) >= 11 is 0. The second-order valence-electron chi connectivity index (χ2n) is 4.85. The molecule has 1 aromatic carbocycles. The zero-order chi connectivity index (χ0) is 13.2. The van der Waals surface area contributed by atoms with Crippen molar-refractivity contribution in [3.05, 3.63) is 29.8 Å².